The van der Waals surface area contributed by atoms with E-state index in [0.29, 0.717) is 30.6 Å². The number of carbonyl (C=O) groups excluding carboxylic acids is 1. The number of thiazole rings is 1. The van der Waals surface area contributed by atoms with Crippen molar-refractivity contribution in [3.05, 3.63) is 22.2 Å². The molecule has 4 rings (SSSR count). The lowest BCUT2D eigenvalue weighted by Gasteiger charge is -2.25. The second kappa shape index (κ2) is 6.72. The smallest absolute Gasteiger partial charge is 0.263 e. The Morgan fingerprint density at radius 2 is 2.12 bits per heavy atom. The van der Waals surface area contributed by atoms with Crippen LogP contribution in [0.25, 0.3) is 0 Å². The zero-order valence-electron chi connectivity index (χ0n) is 14.5. The van der Waals surface area contributed by atoms with Gasteiger partial charge in [-0.1, -0.05) is 11.3 Å². The molecule has 2 aromatic heterocycles. The lowest BCUT2D eigenvalue weighted by molar-refractivity contribution is 0.0950. The predicted octanol–water partition coefficient (Wildman–Crippen LogP) is 0.790. The van der Waals surface area contributed by atoms with Crippen molar-refractivity contribution in [1.29, 1.82) is 0 Å². The highest BCUT2D eigenvalue weighted by Crippen LogP contribution is 2.27. The van der Waals surface area contributed by atoms with Crippen LogP contribution in [0.1, 0.15) is 27.0 Å². The summed E-state index contributed by atoms with van der Waals surface area (Å²) in [6, 6.07) is 0. The van der Waals surface area contributed by atoms with Gasteiger partial charge in [0.15, 0.2) is 5.13 Å². The first kappa shape index (κ1) is 16.5. The van der Waals surface area contributed by atoms with Gasteiger partial charge in [-0.05, 0) is 13.8 Å². The zero-order chi connectivity index (χ0) is 17.4. The quantitative estimate of drug-likeness (QED) is 0.866. The first-order valence-corrected chi connectivity index (χ1v) is 9.40. The summed E-state index contributed by atoms with van der Waals surface area (Å²) in [7, 11) is 0. The van der Waals surface area contributed by atoms with Gasteiger partial charge in [0.1, 0.15) is 16.5 Å². The molecule has 1 unspecified atom stereocenters. The molecule has 4 heterocycles. The number of anilines is 1. The number of nitrogens with one attached hydrogen (secondary N) is 1. The second-order valence-electron chi connectivity index (χ2n) is 6.56. The molecule has 1 atom stereocenters. The van der Waals surface area contributed by atoms with E-state index in [1.54, 1.807) is 0 Å². The molecule has 25 heavy (non-hydrogen) atoms. The highest BCUT2D eigenvalue weighted by molar-refractivity contribution is 7.17. The summed E-state index contributed by atoms with van der Waals surface area (Å²) in [5, 5.41) is 12.2. The van der Waals surface area contributed by atoms with Crippen molar-refractivity contribution in [2.24, 2.45) is 5.92 Å². The van der Waals surface area contributed by atoms with Gasteiger partial charge in [-0.25, -0.2) is 4.98 Å². The topological polar surface area (TPSA) is 85.2 Å². The Hall–Kier alpha value is -2.00. The van der Waals surface area contributed by atoms with Crippen molar-refractivity contribution in [2.45, 2.75) is 26.8 Å². The van der Waals surface area contributed by atoms with Crippen LogP contribution in [-0.4, -0.2) is 58.5 Å². The number of aromatic nitrogens is 4. The number of aryl methyl sites for hydroxylation is 2. The molecule has 0 bridgehead atoms. The van der Waals surface area contributed by atoms with Gasteiger partial charge in [-0.15, -0.1) is 10.2 Å². The van der Waals surface area contributed by atoms with Crippen molar-refractivity contribution < 1.29 is 9.53 Å². The molecule has 2 aromatic rings. The fourth-order valence-electron chi connectivity index (χ4n) is 3.33. The lowest BCUT2D eigenvalue weighted by Crippen LogP contribution is -2.36. The number of morpholine rings is 1. The van der Waals surface area contributed by atoms with E-state index in [0.717, 1.165) is 48.5 Å². The van der Waals surface area contributed by atoms with Gasteiger partial charge in [-0.3, -0.25) is 4.79 Å². The molecule has 0 spiro atoms. The minimum absolute atomic E-state index is 0.0334. The third-order valence-corrected chi connectivity index (χ3v) is 5.97. The Balaban J connectivity index is 1.36. The lowest BCUT2D eigenvalue weighted by atomic mass is 10.1. The number of hydrogen-bond acceptors (Lipinski definition) is 7. The Labute approximate surface area is 150 Å². The van der Waals surface area contributed by atoms with Gasteiger partial charge < -0.3 is 19.5 Å². The third-order valence-electron chi connectivity index (χ3n) is 4.75. The van der Waals surface area contributed by atoms with E-state index in [4.69, 9.17) is 4.74 Å². The molecular weight excluding hydrogens is 340 g/mol. The van der Waals surface area contributed by atoms with Gasteiger partial charge in [-0.2, -0.15) is 0 Å². The molecule has 8 nitrogen and oxygen atoms in total. The highest BCUT2D eigenvalue weighted by Gasteiger charge is 2.26. The molecule has 1 fully saturated rings. The SMILES string of the molecule is Cc1nc(N2CCOCC2)sc1C(=O)NCC1Cc2nnc(C)n2C1. The molecule has 0 aliphatic carbocycles. The fraction of sp³-hybridized carbons (Fsp3) is 0.625. The Bertz CT molecular complexity index is 780. The summed E-state index contributed by atoms with van der Waals surface area (Å²) in [6.07, 6.45) is 0.863. The van der Waals surface area contributed by atoms with Crippen LogP contribution < -0.4 is 10.2 Å². The number of nitrogens with zero attached hydrogens (tertiary/aromatic N) is 5. The highest BCUT2D eigenvalue weighted by atomic mass is 32.1. The summed E-state index contributed by atoms with van der Waals surface area (Å²) in [5.41, 5.74) is 0.795. The van der Waals surface area contributed by atoms with Crippen molar-refractivity contribution in [2.75, 3.05) is 37.7 Å². The maximum atomic E-state index is 12.6. The first-order chi connectivity index (χ1) is 12.1. The minimum Gasteiger partial charge on any atom is -0.378 e. The van der Waals surface area contributed by atoms with Crippen LogP contribution in [0.3, 0.4) is 0 Å². The van der Waals surface area contributed by atoms with Crippen LogP contribution in [0.4, 0.5) is 5.13 Å². The number of hydrogen-bond donors (Lipinski definition) is 1. The molecule has 1 N–H and O–H groups in total. The van der Waals surface area contributed by atoms with Crippen LogP contribution >= 0.6 is 11.3 Å². The van der Waals surface area contributed by atoms with Crippen LogP contribution in [0.2, 0.25) is 0 Å². The maximum absolute atomic E-state index is 12.6. The standard InChI is InChI=1S/C16H22N6O2S/c1-10-14(25-16(18-10)21-3-5-24-6-4-21)15(23)17-8-12-7-13-20-19-11(2)22(13)9-12/h12H,3-9H2,1-2H3,(H,17,23). The molecule has 0 saturated carbocycles. The molecule has 1 saturated heterocycles. The number of ether oxygens (including phenoxy) is 1. The zero-order valence-corrected chi connectivity index (χ0v) is 15.3. The normalized spacial score (nSPS) is 19.9. The summed E-state index contributed by atoms with van der Waals surface area (Å²) in [4.78, 5) is 20.0. The van der Waals surface area contributed by atoms with Crippen molar-refractivity contribution in [3.63, 3.8) is 0 Å². The number of carbonyl (C=O) groups is 1. The average molecular weight is 362 g/mol. The summed E-state index contributed by atoms with van der Waals surface area (Å²) >= 11 is 1.47. The summed E-state index contributed by atoms with van der Waals surface area (Å²) < 4.78 is 7.50. The molecule has 1 amide bonds. The molecule has 2 aliphatic rings. The minimum atomic E-state index is -0.0334. The predicted molar refractivity (Wildman–Crippen MR) is 94.2 cm³/mol. The van der Waals surface area contributed by atoms with Crippen molar-refractivity contribution in [1.82, 2.24) is 25.1 Å². The van der Waals surface area contributed by atoms with Gasteiger partial charge >= 0.3 is 0 Å². The van der Waals surface area contributed by atoms with E-state index in [1.807, 2.05) is 13.8 Å². The Morgan fingerprint density at radius 1 is 1.32 bits per heavy atom. The fourth-order valence-corrected chi connectivity index (χ4v) is 4.37. The monoisotopic (exact) mass is 362 g/mol. The van der Waals surface area contributed by atoms with Crippen LogP contribution in [0.15, 0.2) is 0 Å². The Kier molecular flexibility index (Phi) is 4.43. The maximum Gasteiger partial charge on any atom is 0.263 e. The van der Waals surface area contributed by atoms with Gasteiger partial charge in [0, 0.05) is 38.5 Å². The first-order valence-electron chi connectivity index (χ1n) is 8.59. The van der Waals surface area contributed by atoms with Gasteiger partial charge in [0.05, 0.1) is 18.9 Å². The van der Waals surface area contributed by atoms with E-state index in [-0.39, 0.29) is 5.91 Å². The van der Waals surface area contributed by atoms with E-state index in [9.17, 15) is 4.79 Å². The molecule has 134 valence electrons. The molecule has 9 heteroatoms. The largest absolute Gasteiger partial charge is 0.378 e. The molecular formula is C16H22N6O2S. The molecule has 0 radical (unpaired) electrons. The molecule has 0 aromatic carbocycles. The average Bonchev–Trinajstić information content (AvgIpc) is 3.30. The Morgan fingerprint density at radius 3 is 2.88 bits per heavy atom. The van der Waals surface area contributed by atoms with E-state index < -0.39 is 0 Å². The summed E-state index contributed by atoms with van der Waals surface area (Å²) in [5.74, 6) is 2.30. The van der Waals surface area contributed by atoms with Gasteiger partial charge in [0.2, 0.25) is 0 Å². The van der Waals surface area contributed by atoms with Crippen LogP contribution in [0.5, 0.6) is 0 Å². The third kappa shape index (κ3) is 3.25. The van der Waals surface area contributed by atoms with Crippen molar-refractivity contribution in [3.8, 4) is 0 Å². The number of fused-ring (bicyclic) bond motifs is 1. The van der Waals surface area contributed by atoms with Gasteiger partial charge in [0.25, 0.3) is 5.91 Å². The number of rotatable bonds is 4. The van der Waals surface area contributed by atoms with Crippen molar-refractivity contribution >= 4 is 22.4 Å². The van der Waals surface area contributed by atoms with E-state index in [1.165, 1.54) is 11.3 Å². The van der Waals surface area contributed by atoms with Crippen LogP contribution in [-0.2, 0) is 17.7 Å². The van der Waals surface area contributed by atoms with Crippen LogP contribution in [0, 0.1) is 19.8 Å². The second-order valence-corrected chi connectivity index (χ2v) is 7.54. The summed E-state index contributed by atoms with van der Waals surface area (Å²) in [6.45, 7) is 8.46. The molecule has 2 aliphatic heterocycles. The van der Waals surface area contributed by atoms with E-state index >= 15 is 0 Å². The number of amides is 1. The van der Waals surface area contributed by atoms with E-state index in [2.05, 4.69) is 30.0 Å².